The Balaban J connectivity index is 1.57. The number of urea groups is 1. The van der Waals surface area contributed by atoms with Gasteiger partial charge in [0, 0.05) is 25.7 Å². The minimum absolute atomic E-state index is 0.0543. The van der Waals surface area contributed by atoms with Gasteiger partial charge in [-0.25, -0.2) is 4.79 Å². The first-order valence-electron chi connectivity index (χ1n) is 10.2. The predicted octanol–water partition coefficient (Wildman–Crippen LogP) is 2.95. The number of morpholine rings is 1. The quantitative estimate of drug-likeness (QED) is 0.802. The van der Waals surface area contributed by atoms with E-state index in [4.69, 9.17) is 9.47 Å². The summed E-state index contributed by atoms with van der Waals surface area (Å²) in [5.41, 5.74) is 1.18. The minimum atomic E-state index is -0.0543. The van der Waals surface area contributed by atoms with Gasteiger partial charge in [0.1, 0.15) is 5.75 Å². The summed E-state index contributed by atoms with van der Waals surface area (Å²) in [7, 11) is 1.67. The van der Waals surface area contributed by atoms with E-state index in [1.165, 1.54) is 18.4 Å². The first-order valence-corrected chi connectivity index (χ1v) is 10.2. The van der Waals surface area contributed by atoms with Crippen LogP contribution in [0.15, 0.2) is 24.3 Å². The van der Waals surface area contributed by atoms with Gasteiger partial charge in [0.2, 0.25) is 0 Å². The van der Waals surface area contributed by atoms with Crippen LogP contribution in [0.25, 0.3) is 0 Å². The molecule has 1 saturated carbocycles. The van der Waals surface area contributed by atoms with Crippen LogP contribution in [0.1, 0.15) is 44.2 Å². The molecule has 1 atom stereocenters. The normalized spacial score (nSPS) is 24.8. The van der Waals surface area contributed by atoms with Gasteiger partial charge in [-0.3, -0.25) is 4.90 Å². The molecule has 27 heavy (non-hydrogen) atoms. The first kappa shape index (κ1) is 20.0. The molecule has 0 radical (unpaired) electrons. The SMILES string of the molecule is COc1ccc(C(CNC(=O)NC2CCC(C)CC2)N2CCOCC2)cc1. The van der Waals surface area contributed by atoms with E-state index >= 15 is 0 Å². The maximum Gasteiger partial charge on any atom is 0.315 e. The highest BCUT2D eigenvalue weighted by Gasteiger charge is 2.24. The van der Waals surface area contributed by atoms with Gasteiger partial charge >= 0.3 is 6.03 Å². The predicted molar refractivity (Wildman–Crippen MR) is 106 cm³/mol. The van der Waals surface area contributed by atoms with Gasteiger partial charge in [-0.05, 0) is 49.3 Å². The third-order valence-corrected chi connectivity index (χ3v) is 5.79. The summed E-state index contributed by atoms with van der Waals surface area (Å²) in [5.74, 6) is 1.63. The van der Waals surface area contributed by atoms with Crippen LogP contribution < -0.4 is 15.4 Å². The lowest BCUT2D eigenvalue weighted by atomic mass is 9.87. The maximum atomic E-state index is 12.4. The number of ether oxygens (including phenoxy) is 2. The molecule has 1 aromatic rings. The second-order valence-electron chi connectivity index (χ2n) is 7.75. The van der Waals surface area contributed by atoms with Crippen LogP contribution in [0.4, 0.5) is 4.79 Å². The molecule has 1 aliphatic carbocycles. The zero-order valence-electron chi connectivity index (χ0n) is 16.6. The lowest BCUT2D eigenvalue weighted by Gasteiger charge is -2.35. The zero-order valence-corrected chi connectivity index (χ0v) is 16.6. The standard InChI is InChI=1S/C21H33N3O3/c1-16-3-7-18(8-4-16)23-21(25)22-15-20(24-11-13-27-14-12-24)17-5-9-19(26-2)10-6-17/h5-6,9-10,16,18,20H,3-4,7-8,11-15H2,1-2H3,(H2,22,23,25). The molecule has 2 amide bonds. The summed E-state index contributed by atoms with van der Waals surface area (Å²) in [4.78, 5) is 14.8. The Labute approximate surface area is 162 Å². The zero-order chi connectivity index (χ0) is 19.1. The second-order valence-corrected chi connectivity index (χ2v) is 7.75. The van der Waals surface area contributed by atoms with Crippen molar-refractivity contribution >= 4 is 6.03 Å². The van der Waals surface area contributed by atoms with Crippen molar-refractivity contribution in [2.45, 2.75) is 44.7 Å². The summed E-state index contributed by atoms with van der Waals surface area (Å²) in [6.45, 7) is 6.10. The lowest BCUT2D eigenvalue weighted by Crippen LogP contribution is -2.48. The molecule has 6 heteroatoms. The number of nitrogens with one attached hydrogen (secondary N) is 2. The molecule has 150 valence electrons. The second kappa shape index (κ2) is 9.95. The fourth-order valence-electron chi connectivity index (χ4n) is 4.00. The Hall–Kier alpha value is -1.79. The fourth-order valence-corrected chi connectivity index (χ4v) is 4.00. The van der Waals surface area contributed by atoms with E-state index in [1.807, 2.05) is 12.1 Å². The minimum Gasteiger partial charge on any atom is -0.497 e. The molecule has 1 saturated heterocycles. The van der Waals surface area contributed by atoms with Crippen LogP contribution in [0, 0.1) is 5.92 Å². The molecule has 1 unspecified atom stereocenters. The molecule has 2 N–H and O–H groups in total. The van der Waals surface area contributed by atoms with Gasteiger partial charge < -0.3 is 20.1 Å². The average Bonchev–Trinajstić information content (AvgIpc) is 2.71. The highest BCUT2D eigenvalue weighted by molar-refractivity contribution is 5.74. The smallest absolute Gasteiger partial charge is 0.315 e. The molecule has 0 spiro atoms. The topological polar surface area (TPSA) is 62.8 Å². The monoisotopic (exact) mass is 375 g/mol. The van der Waals surface area contributed by atoms with Crippen LogP contribution in [-0.2, 0) is 4.74 Å². The van der Waals surface area contributed by atoms with Crippen molar-refractivity contribution in [3.05, 3.63) is 29.8 Å². The van der Waals surface area contributed by atoms with Gasteiger partial charge in [-0.15, -0.1) is 0 Å². The maximum absolute atomic E-state index is 12.4. The molecule has 3 rings (SSSR count). The van der Waals surface area contributed by atoms with Crippen molar-refractivity contribution in [2.24, 2.45) is 5.92 Å². The van der Waals surface area contributed by atoms with Crippen molar-refractivity contribution in [1.29, 1.82) is 0 Å². The summed E-state index contributed by atoms with van der Waals surface area (Å²) in [6, 6.07) is 8.52. The van der Waals surface area contributed by atoms with Crippen molar-refractivity contribution in [2.75, 3.05) is 40.0 Å². The third kappa shape index (κ3) is 5.84. The number of hydrogen-bond acceptors (Lipinski definition) is 4. The number of carbonyl (C=O) groups excluding carboxylic acids is 1. The Morgan fingerprint density at radius 2 is 1.85 bits per heavy atom. The van der Waals surface area contributed by atoms with E-state index in [2.05, 4.69) is 34.6 Å². The van der Waals surface area contributed by atoms with Crippen molar-refractivity contribution < 1.29 is 14.3 Å². The number of hydrogen-bond donors (Lipinski definition) is 2. The van der Waals surface area contributed by atoms with Gasteiger partial charge in [-0.2, -0.15) is 0 Å². The molecule has 1 aromatic carbocycles. The molecular formula is C21H33N3O3. The molecule has 2 aliphatic rings. The molecule has 1 heterocycles. The Kier molecular flexibility index (Phi) is 7.35. The third-order valence-electron chi connectivity index (χ3n) is 5.79. The van der Waals surface area contributed by atoms with E-state index < -0.39 is 0 Å². The number of carbonyl (C=O) groups is 1. The number of benzene rings is 1. The van der Waals surface area contributed by atoms with Crippen LogP contribution in [-0.4, -0.2) is 56.9 Å². The molecule has 2 fully saturated rings. The summed E-state index contributed by atoms with van der Waals surface area (Å²) in [6.07, 6.45) is 4.57. The van der Waals surface area contributed by atoms with E-state index in [0.717, 1.165) is 50.8 Å². The van der Waals surface area contributed by atoms with Crippen LogP contribution in [0.2, 0.25) is 0 Å². The Morgan fingerprint density at radius 1 is 1.19 bits per heavy atom. The average molecular weight is 376 g/mol. The molecule has 6 nitrogen and oxygen atoms in total. The van der Waals surface area contributed by atoms with Crippen LogP contribution in [0.5, 0.6) is 5.75 Å². The van der Waals surface area contributed by atoms with Gasteiger partial charge in [0.25, 0.3) is 0 Å². The summed E-state index contributed by atoms with van der Waals surface area (Å²) < 4.78 is 10.8. The van der Waals surface area contributed by atoms with E-state index in [9.17, 15) is 4.79 Å². The largest absolute Gasteiger partial charge is 0.497 e. The first-order chi connectivity index (χ1) is 13.2. The van der Waals surface area contributed by atoms with E-state index in [0.29, 0.717) is 12.6 Å². The molecule has 0 bridgehead atoms. The van der Waals surface area contributed by atoms with Crippen molar-refractivity contribution in [3.8, 4) is 5.75 Å². The number of rotatable bonds is 6. The fraction of sp³-hybridized carbons (Fsp3) is 0.667. The van der Waals surface area contributed by atoms with E-state index in [-0.39, 0.29) is 12.1 Å². The van der Waals surface area contributed by atoms with Crippen molar-refractivity contribution in [3.63, 3.8) is 0 Å². The van der Waals surface area contributed by atoms with Gasteiger partial charge in [0.05, 0.1) is 26.4 Å². The molecular weight excluding hydrogens is 342 g/mol. The molecule has 1 aliphatic heterocycles. The van der Waals surface area contributed by atoms with Gasteiger partial charge in [0.15, 0.2) is 0 Å². The number of amides is 2. The van der Waals surface area contributed by atoms with Crippen LogP contribution >= 0.6 is 0 Å². The molecule has 0 aromatic heterocycles. The van der Waals surface area contributed by atoms with Crippen molar-refractivity contribution in [1.82, 2.24) is 15.5 Å². The highest BCUT2D eigenvalue weighted by atomic mass is 16.5. The highest BCUT2D eigenvalue weighted by Crippen LogP contribution is 2.25. The Bertz CT molecular complexity index is 579. The summed E-state index contributed by atoms with van der Waals surface area (Å²) >= 11 is 0. The number of nitrogens with zero attached hydrogens (tertiary/aromatic N) is 1. The number of methoxy groups -OCH3 is 1. The van der Waals surface area contributed by atoms with Crippen LogP contribution in [0.3, 0.4) is 0 Å². The van der Waals surface area contributed by atoms with E-state index in [1.54, 1.807) is 7.11 Å². The lowest BCUT2D eigenvalue weighted by molar-refractivity contribution is 0.0166. The Morgan fingerprint density at radius 3 is 2.48 bits per heavy atom. The van der Waals surface area contributed by atoms with Gasteiger partial charge in [-0.1, -0.05) is 19.1 Å². The summed E-state index contributed by atoms with van der Waals surface area (Å²) in [5, 5.41) is 6.26.